The SMILES string of the molecule is CS(=O)(=O)Nc1ccc(-c2ccccc2)cc1Cc1ccc(N2C=C(O)NS2(=O)=O)c(O)c1. The Labute approximate surface area is 191 Å². The van der Waals surface area contributed by atoms with Gasteiger partial charge in [-0.05, 0) is 52.9 Å². The van der Waals surface area contributed by atoms with Gasteiger partial charge >= 0.3 is 10.2 Å². The van der Waals surface area contributed by atoms with Gasteiger partial charge in [0.25, 0.3) is 0 Å². The summed E-state index contributed by atoms with van der Waals surface area (Å²) in [6.45, 7) is 0. The molecular formula is C22H21N3O6S2. The standard InChI is InChI=1S/C22H21N3O6S2/c1-32(28,29)23-19-9-8-17(16-5-3-2-4-6-16)13-18(19)11-15-7-10-20(21(26)12-15)25-14-22(27)24-33(25,30)31/h2-10,12-14,23-24,26-27H,11H2,1H3. The average molecular weight is 488 g/mol. The Hall–Kier alpha value is -3.70. The van der Waals surface area contributed by atoms with E-state index in [1.165, 1.54) is 12.1 Å². The highest BCUT2D eigenvalue weighted by molar-refractivity contribution is 7.92. The summed E-state index contributed by atoms with van der Waals surface area (Å²) in [5, 5.41) is 20.0. The Morgan fingerprint density at radius 2 is 1.70 bits per heavy atom. The number of nitrogens with zero attached hydrogens (tertiary/aromatic N) is 1. The molecule has 1 aliphatic rings. The second-order valence-electron chi connectivity index (χ2n) is 7.53. The number of sulfonamides is 1. The van der Waals surface area contributed by atoms with Gasteiger partial charge in [-0.1, -0.05) is 42.5 Å². The fourth-order valence-corrected chi connectivity index (χ4v) is 5.19. The zero-order valence-corrected chi connectivity index (χ0v) is 19.1. The zero-order valence-electron chi connectivity index (χ0n) is 17.4. The van der Waals surface area contributed by atoms with E-state index >= 15 is 0 Å². The molecule has 9 nitrogen and oxygen atoms in total. The molecule has 0 amide bonds. The Morgan fingerprint density at radius 1 is 0.970 bits per heavy atom. The lowest BCUT2D eigenvalue weighted by Crippen LogP contribution is -2.29. The van der Waals surface area contributed by atoms with Crippen molar-refractivity contribution in [2.24, 2.45) is 0 Å². The summed E-state index contributed by atoms with van der Waals surface area (Å²) in [4.78, 5) is 0. The van der Waals surface area contributed by atoms with Crippen LogP contribution in [-0.2, 0) is 26.7 Å². The molecule has 3 aromatic rings. The van der Waals surface area contributed by atoms with Crippen LogP contribution in [0.15, 0.2) is 78.8 Å². The lowest BCUT2D eigenvalue weighted by molar-refractivity contribution is 0.392. The number of aliphatic hydroxyl groups excluding tert-OH is 1. The van der Waals surface area contributed by atoms with Crippen molar-refractivity contribution in [2.75, 3.05) is 15.3 Å². The van der Waals surface area contributed by atoms with Gasteiger partial charge in [-0.2, -0.15) is 8.42 Å². The van der Waals surface area contributed by atoms with Crippen LogP contribution in [0.4, 0.5) is 11.4 Å². The van der Waals surface area contributed by atoms with Crippen molar-refractivity contribution in [3.8, 4) is 16.9 Å². The molecule has 0 radical (unpaired) electrons. The molecule has 0 aromatic heterocycles. The van der Waals surface area contributed by atoms with Crippen molar-refractivity contribution in [3.63, 3.8) is 0 Å². The minimum Gasteiger partial charge on any atom is -0.506 e. The van der Waals surface area contributed by atoms with Crippen molar-refractivity contribution >= 4 is 31.6 Å². The molecule has 33 heavy (non-hydrogen) atoms. The van der Waals surface area contributed by atoms with E-state index in [9.17, 15) is 27.0 Å². The second kappa shape index (κ2) is 8.34. The number of phenols is 1. The maximum Gasteiger partial charge on any atom is 0.330 e. The summed E-state index contributed by atoms with van der Waals surface area (Å²) in [6, 6.07) is 19.4. The van der Waals surface area contributed by atoms with Crippen LogP contribution in [0.2, 0.25) is 0 Å². The molecule has 11 heteroatoms. The molecule has 1 heterocycles. The fraction of sp³-hybridized carbons (Fsp3) is 0.0909. The molecule has 0 atom stereocenters. The average Bonchev–Trinajstić information content (AvgIpc) is 3.01. The van der Waals surface area contributed by atoms with Crippen molar-refractivity contribution in [2.45, 2.75) is 6.42 Å². The highest BCUT2D eigenvalue weighted by Gasteiger charge is 2.30. The van der Waals surface area contributed by atoms with Gasteiger partial charge < -0.3 is 10.2 Å². The predicted molar refractivity (Wildman–Crippen MR) is 127 cm³/mol. The minimum atomic E-state index is -4.04. The number of nitrogens with one attached hydrogen (secondary N) is 2. The number of hydrogen-bond acceptors (Lipinski definition) is 6. The van der Waals surface area contributed by atoms with Crippen molar-refractivity contribution in [1.82, 2.24) is 4.72 Å². The fourth-order valence-electron chi connectivity index (χ4n) is 3.52. The van der Waals surface area contributed by atoms with E-state index in [-0.39, 0.29) is 17.9 Å². The van der Waals surface area contributed by atoms with Crippen LogP contribution in [0.5, 0.6) is 5.75 Å². The molecule has 4 N–H and O–H groups in total. The Morgan fingerprint density at radius 3 is 2.30 bits per heavy atom. The molecule has 172 valence electrons. The van der Waals surface area contributed by atoms with E-state index in [2.05, 4.69) is 4.72 Å². The Bertz CT molecular complexity index is 1450. The Balaban J connectivity index is 1.71. The van der Waals surface area contributed by atoms with E-state index in [0.29, 0.717) is 16.8 Å². The normalized spacial score (nSPS) is 15.1. The van der Waals surface area contributed by atoms with E-state index in [0.717, 1.165) is 27.9 Å². The molecule has 0 saturated heterocycles. The van der Waals surface area contributed by atoms with Gasteiger partial charge in [0.1, 0.15) is 11.4 Å². The van der Waals surface area contributed by atoms with Crippen LogP contribution in [-0.4, -0.2) is 33.3 Å². The number of hydrogen-bond donors (Lipinski definition) is 4. The van der Waals surface area contributed by atoms with Gasteiger partial charge in [-0.25, -0.2) is 17.4 Å². The molecule has 0 bridgehead atoms. The third kappa shape index (κ3) is 5.04. The first-order valence-electron chi connectivity index (χ1n) is 9.73. The van der Waals surface area contributed by atoms with Crippen LogP contribution in [0.1, 0.15) is 11.1 Å². The largest absolute Gasteiger partial charge is 0.506 e. The summed E-state index contributed by atoms with van der Waals surface area (Å²) in [5.41, 5.74) is 3.50. The number of aromatic hydroxyl groups is 1. The van der Waals surface area contributed by atoms with Crippen LogP contribution in [0.25, 0.3) is 11.1 Å². The monoisotopic (exact) mass is 487 g/mol. The van der Waals surface area contributed by atoms with Gasteiger partial charge in [0.15, 0.2) is 0 Å². The van der Waals surface area contributed by atoms with Gasteiger partial charge in [-0.3, -0.25) is 4.72 Å². The molecule has 4 rings (SSSR count). The van der Waals surface area contributed by atoms with Gasteiger partial charge in [0.2, 0.25) is 15.9 Å². The summed E-state index contributed by atoms with van der Waals surface area (Å²) < 4.78 is 53.0. The lowest BCUT2D eigenvalue weighted by Gasteiger charge is -2.17. The van der Waals surface area contributed by atoms with Crippen LogP contribution < -0.4 is 13.7 Å². The molecule has 0 fully saturated rings. The second-order valence-corrected chi connectivity index (χ2v) is 10.8. The molecular weight excluding hydrogens is 466 g/mol. The first-order chi connectivity index (χ1) is 15.5. The highest BCUT2D eigenvalue weighted by Crippen LogP contribution is 2.34. The van der Waals surface area contributed by atoms with E-state index in [1.54, 1.807) is 12.1 Å². The number of rotatable bonds is 6. The predicted octanol–water partition coefficient (Wildman–Crippen LogP) is 3.03. The van der Waals surface area contributed by atoms with E-state index in [4.69, 9.17) is 0 Å². The smallest absolute Gasteiger partial charge is 0.330 e. The zero-order chi connectivity index (χ0) is 23.8. The number of aliphatic hydroxyl groups is 1. The number of anilines is 2. The summed E-state index contributed by atoms with van der Waals surface area (Å²) in [6.07, 6.45) is 2.27. The van der Waals surface area contributed by atoms with Crippen molar-refractivity contribution in [3.05, 3.63) is 89.9 Å². The van der Waals surface area contributed by atoms with Gasteiger partial charge in [0.05, 0.1) is 18.1 Å². The molecule has 1 aliphatic heterocycles. The quantitative estimate of drug-likeness (QED) is 0.422. The van der Waals surface area contributed by atoms with Gasteiger partial charge in [-0.15, -0.1) is 0 Å². The van der Waals surface area contributed by atoms with Gasteiger partial charge in [0, 0.05) is 0 Å². The van der Waals surface area contributed by atoms with E-state index in [1.807, 2.05) is 47.2 Å². The summed E-state index contributed by atoms with van der Waals surface area (Å²) >= 11 is 0. The van der Waals surface area contributed by atoms with Crippen LogP contribution in [0, 0.1) is 0 Å². The molecule has 0 aliphatic carbocycles. The number of benzene rings is 3. The molecule has 0 saturated carbocycles. The number of phenolic OH excluding ortho intramolecular Hbond substituents is 1. The third-order valence-corrected chi connectivity index (χ3v) is 6.79. The molecule has 0 spiro atoms. The molecule has 0 unspecified atom stereocenters. The lowest BCUT2D eigenvalue weighted by atomic mass is 9.97. The topological polar surface area (TPSA) is 136 Å². The van der Waals surface area contributed by atoms with Crippen molar-refractivity contribution in [1.29, 1.82) is 0 Å². The maximum atomic E-state index is 12.1. The first-order valence-corrected chi connectivity index (χ1v) is 13.1. The summed E-state index contributed by atoms with van der Waals surface area (Å²) in [5.74, 6) is -0.881. The minimum absolute atomic E-state index is 0.0391. The van der Waals surface area contributed by atoms with E-state index < -0.39 is 26.1 Å². The highest BCUT2D eigenvalue weighted by atomic mass is 32.2. The summed E-state index contributed by atoms with van der Waals surface area (Å²) in [7, 11) is -7.57. The third-order valence-electron chi connectivity index (χ3n) is 4.91. The van der Waals surface area contributed by atoms with Crippen LogP contribution >= 0.6 is 0 Å². The van der Waals surface area contributed by atoms with Crippen molar-refractivity contribution < 1.29 is 27.0 Å². The maximum absolute atomic E-state index is 12.1. The Kier molecular flexibility index (Phi) is 5.68. The first kappa shape index (κ1) is 22.5. The van der Waals surface area contributed by atoms with Crippen LogP contribution in [0.3, 0.4) is 0 Å². The molecule has 3 aromatic carbocycles.